The Hall–Kier alpha value is -6.96. The van der Waals surface area contributed by atoms with Gasteiger partial charge in [-0.05, 0) is 125 Å². The molecule has 0 bridgehead atoms. The van der Waals surface area contributed by atoms with Gasteiger partial charge in [-0.3, -0.25) is 0 Å². The minimum Gasteiger partial charge on any atom is -0.310 e. The highest BCUT2D eigenvalue weighted by Gasteiger charge is 2.16. The van der Waals surface area contributed by atoms with Crippen LogP contribution in [0.2, 0.25) is 0 Å². The van der Waals surface area contributed by atoms with Gasteiger partial charge in [0.05, 0.1) is 0 Å². The standard InChI is InChI=1S/C52H35N/c1-2-13-40-33-41(24-23-36(40)11-1)37-25-29-44(30-26-37)53(45-31-27-39(28-32-45)48-22-10-15-38-12-3-5-18-47(38)48)46-17-9-16-42(34-46)52-35-43-14-4-6-19-49(43)50-20-7-8-21-51(50)52/h1-35H. The first-order valence-corrected chi connectivity index (χ1v) is 18.3. The molecule has 53 heavy (non-hydrogen) atoms. The van der Waals surface area contributed by atoms with E-state index in [1.807, 2.05) is 0 Å². The molecule has 0 aromatic heterocycles. The Morgan fingerprint density at radius 2 is 0.792 bits per heavy atom. The van der Waals surface area contributed by atoms with Crippen molar-refractivity contribution in [3.63, 3.8) is 0 Å². The first-order chi connectivity index (χ1) is 26.3. The Morgan fingerprint density at radius 1 is 0.226 bits per heavy atom. The molecule has 0 saturated heterocycles. The Bertz CT molecular complexity index is 2930. The number of hydrogen-bond acceptors (Lipinski definition) is 1. The molecular weight excluding hydrogens is 639 g/mol. The lowest BCUT2D eigenvalue weighted by molar-refractivity contribution is 1.28. The summed E-state index contributed by atoms with van der Waals surface area (Å²) >= 11 is 0. The zero-order chi connectivity index (χ0) is 35.1. The lowest BCUT2D eigenvalue weighted by Crippen LogP contribution is -2.10. The molecule has 0 aliphatic carbocycles. The van der Waals surface area contributed by atoms with Crippen molar-refractivity contribution >= 4 is 60.2 Å². The van der Waals surface area contributed by atoms with Gasteiger partial charge in [0, 0.05) is 17.1 Å². The second kappa shape index (κ2) is 13.0. The number of hydrogen-bond donors (Lipinski definition) is 0. The van der Waals surface area contributed by atoms with Gasteiger partial charge < -0.3 is 4.90 Å². The minimum atomic E-state index is 1.10. The fraction of sp³-hybridized carbons (Fsp3) is 0. The van der Waals surface area contributed by atoms with Crippen LogP contribution in [-0.4, -0.2) is 0 Å². The lowest BCUT2D eigenvalue weighted by atomic mass is 9.93. The van der Waals surface area contributed by atoms with E-state index in [-0.39, 0.29) is 0 Å². The smallest absolute Gasteiger partial charge is 0.0467 e. The molecule has 0 amide bonds. The van der Waals surface area contributed by atoms with Crippen molar-refractivity contribution in [1.29, 1.82) is 0 Å². The first kappa shape index (κ1) is 30.8. The lowest BCUT2D eigenvalue weighted by Gasteiger charge is -2.27. The molecule has 0 heterocycles. The van der Waals surface area contributed by atoms with E-state index in [2.05, 4.69) is 217 Å². The minimum absolute atomic E-state index is 1.10. The Morgan fingerprint density at radius 3 is 1.57 bits per heavy atom. The molecule has 0 saturated carbocycles. The molecule has 10 aromatic carbocycles. The van der Waals surface area contributed by atoms with E-state index in [0.717, 1.165) is 17.1 Å². The predicted octanol–water partition coefficient (Wildman–Crippen LogP) is 14.8. The zero-order valence-corrected chi connectivity index (χ0v) is 29.2. The molecule has 0 atom stereocenters. The van der Waals surface area contributed by atoms with E-state index in [1.165, 1.54) is 76.5 Å². The van der Waals surface area contributed by atoms with Gasteiger partial charge >= 0.3 is 0 Å². The second-order valence-corrected chi connectivity index (χ2v) is 13.8. The van der Waals surface area contributed by atoms with Gasteiger partial charge in [0.1, 0.15) is 0 Å². The van der Waals surface area contributed by atoms with Crippen LogP contribution < -0.4 is 4.90 Å². The summed E-state index contributed by atoms with van der Waals surface area (Å²) < 4.78 is 0. The molecule has 248 valence electrons. The van der Waals surface area contributed by atoms with E-state index in [1.54, 1.807) is 0 Å². The van der Waals surface area contributed by atoms with Crippen molar-refractivity contribution in [3.05, 3.63) is 212 Å². The summed E-state index contributed by atoms with van der Waals surface area (Å²) in [6.45, 7) is 0. The highest BCUT2D eigenvalue weighted by Crippen LogP contribution is 2.41. The molecule has 10 aromatic rings. The summed E-state index contributed by atoms with van der Waals surface area (Å²) in [5.74, 6) is 0. The molecule has 1 heteroatoms. The maximum atomic E-state index is 2.38. The average Bonchev–Trinajstić information content (AvgIpc) is 3.24. The summed E-state index contributed by atoms with van der Waals surface area (Å²) in [5.41, 5.74) is 10.6. The summed E-state index contributed by atoms with van der Waals surface area (Å²) in [7, 11) is 0. The third-order valence-electron chi connectivity index (χ3n) is 10.6. The van der Waals surface area contributed by atoms with Crippen LogP contribution in [0.15, 0.2) is 212 Å². The summed E-state index contributed by atoms with van der Waals surface area (Å²) in [4.78, 5) is 2.38. The maximum absolute atomic E-state index is 2.38. The van der Waals surface area contributed by atoms with Gasteiger partial charge in [-0.25, -0.2) is 0 Å². The van der Waals surface area contributed by atoms with Crippen molar-refractivity contribution in [3.8, 4) is 33.4 Å². The highest BCUT2D eigenvalue weighted by atomic mass is 15.1. The summed E-state index contributed by atoms with van der Waals surface area (Å²) in [5, 5.41) is 10.1. The third-order valence-corrected chi connectivity index (χ3v) is 10.6. The summed E-state index contributed by atoms with van der Waals surface area (Å²) in [6, 6.07) is 77.3. The van der Waals surface area contributed by atoms with Gasteiger partial charge in [0.25, 0.3) is 0 Å². The topological polar surface area (TPSA) is 3.24 Å². The molecule has 0 radical (unpaired) electrons. The van der Waals surface area contributed by atoms with Crippen molar-refractivity contribution in [2.45, 2.75) is 0 Å². The normalized spacial score (nSPS) is 11.4. The van der Waals surface area contributed by atoms with Crippen molar-refractivity contribution in [2.24, 2.45) is 0 Å². The van der Waals surface area contributed by atoms with Crippen LogP contribution in [0.1, 0.15) is 0 Å². The zero-order valence-electron chi connectivity index (χ0n) is 29.2. The van der Waals surface area contributed by atoms with Gasteiger partial charge in [-0.1, -0.05) is 164 Å². The first-order valence-electron chi connectivity index (χ1n) is 18.3. The number of nitrogens with zero attached hydrogens (tertiary/aromatic N) is 1. The molecule has 0 N–H and O–H groups in total. The van der Waals surface area contributed by atoms with Gasteiger partial charge in [-0.2, -0.15) is 0 Å². The van der Waals surface area contributed by atoms with Gasteiger partial charge in [0.2, 0.25) is 0 Å². The Labute approximate surface area is 309 Å². The van der Waals surface area contributed by atoms with Crippen LogP contribution in [0.4, 0.5) is 17.1 Å². The fourth-order valence-corrected chi connectivity index (χ4v) is 7.99. The van der Waals surface area contributed by atoms with Crippen LogP contribution in [0.25, 0.3) is 76.5 Å². The van der Waals surface area contributed by atoms with Gasteiger partial charge in [-0.15, -0.1) is 0 Å². The van der Waals surface area contributed by atoms with Crippen LogP contribution in [0.5, 0.6) is 0 Å². The van der Waals surface area contributed by atoms with E-state index < -0.39 is 0 Å². The van der Waals surface area contributed by atoms with Crippen molar-refractivity contribution < 1.29 is 0 Å². The number of anilines is 3. The van der Waals surface area contributed by atoms with E-state index in [0.29, 0.717) is 0 Å². The van der Waals surface area contributed by atoms with Crippen molar-refractivity contribution in [1.82, 2.24) is 0 Å². The van der Waals surface area contributed by atoms with Crippen LogP contribution in [0, 0.1) is 0 Å². The van der Waals surface area contributed by atoms with Gasteiger partial charge in [0.15, 0.2) is 0 Å². The van der Waals surface area contributed by atoms with Crippen LogP contribution >= 0.6 is 0 Å². The Kier molecular flexibility index (Phi) is 7.55. The third kappa shape index (κ3) is 5.60. The number of rotatable bonds is 6. The molecule has 0 unspecified atom stereocenters. The molecule has 0 aliphatic rings. The largest absolute Gasteiger partial charge is 0.310 e. The van der Waals surface area contributed by atoms with Crippen LogP contribution in [0.3, 0.4) is 0 Å². The molecule has 1 nitrogen and oxygen atoms in total. The monoisotopic (exact) mass is 673 g/mol. The van der Waals surface area contributed by atoms with Crippen molar-refractivity contribution in [2.75, 3.05) is 4.90 Å². The molecule has 0 aliphatic heterocycles. The average molecular weight is 674 g/mol. The molecule has 0 fully saturated rings. The highest BCUT2D eigenvalue weighted by molar-refractivity contribution is 6.14. The SMILES string of the molecule is c1cc(-c2cc3ccccc3c3ccccc23)cc(N(c2ccc(-c3ccc4ccccc4c3)cc2)c2ccc(-c3cccc4ccccc34)cc2)c1. The Balaban J connectivity index is 1.10. The molecule has 10 rings (SSSR count). The van der Waals surface area contributed by atoms with Crippen LogP contribution in [-0.2, 0) is 0 Å². The summed E-state index contributed by atoms with van der Waals surface area (Å²) in [6.07, 6.45) is 0. The quantitative estimate of drug-likeness (QED) is 0.159. The maximum Gasteiger partial charge on any atom is 0.0467 e. The molecule has 0 spiro atoms. The van der Waals surface area contributed by atoms with E-state index >= 15 is 0 Å². The predicted molar refractivity (Wildman–Crippen MR) is 227 cm³/mol. The molecular formula is C52H35N. The van der Waals surface area contributed by atoms with E-state index in [4.69, 9.17) is 0 Å². The van der Waals surface area contributed by atoms with E-state index in [9.17, 15) is 0 Å². The number of benzene rings is 10. The fourth-order valence-electron chi connectivity index (χ4n) is 7.99. The number of fused-ring (bicyclic) bond motifs is 5. The second-order valence-electron chi connectivity index (χ2n) is 13.8.